The summed E-state index contributed by atoms with van der Waals surface area (Å²) in [6, 6.07) is 12.8. The van der Waals surface area contributed by atoms with Crippen molar-refractivity contribution in [3.63, 3.8) is 0 Å². The maximum atomic E-state index is 11.9. The van der Waals surface area contributed by atoms with Crippen LogP contribution in [0.4, 0.5) is 0 Å². The van der Waals surface area contributed by atoms with E-state index in [1.807, 2.05) is 30.3 Å². The van der Waals surface area contributed by atoms with Crippen molar-refractivity contribution in [1.82, 2.24) is 0 Å². The quantitative estimate of drug-likeness (QED) is 0.633. The molecule has 0 aromatic heterocycles. The van der Waals surface area contributed by atoms with E-state index in [-0.39, 0.29) is 25.6 Å². The third kappa shape index (κ3) is 5.16. The van der Waals surface area contributed by atoms with Crippen molar-refractivity contribution in [1.29, 1.82) is 0 Å². The van der Waals surface area contributed by atoms with Gasteiger partial charge in [0.05, 0.1) is 27.2 Å². The highest BCUT2D eigenvalue weighted by Gasteiger charge is 2.09. The molecule has 0 saturated carbocycles. The Kier molecular flexibility index (Phi) is 6.93. The summed E-state index contributed by atoms with van der Waals surface area (Å²) in [7, 11) is 3.15. The van der Waals surface area contributed by atoms with Crippen LogP contribution in [0.3, 0.4) is 0 Å². The number of rotatable bonds is 8. The van der Waals surface area contributed by atoms with Crippen LogP contribution in [-0.4, -0.2) is 26.8 Å². The molecule has 0 aliphatic carbocycles. The summed E-state index contributed by atoms with van der Waals surface area (Å²) in [5, 5.41) is 0. The summed E-state index contributed by atoms with van der Waals surface area (Å²) in [6.45, 7) is 0.366. The summed E-state index contributed by atoms with van der Waals surface area (Å²) < 4.78 is 22.2. The van der Waals surface area contributed by atoms with Crippen molar-refractivity contribution in [2.24, 2.45) is 0 Å². The normalized spacial score (nSPS) is 10.1. The number of carbonyl (C=O) groups is 1. The fourth-order valence-corrected chi connectivity index (χ4v) is 2.48. The molecule has 2 aromatic rings. The monoisotopic (exact) mass is 394 g/mol. The highest BCUT2D eigenvalue weighted by atomic mass is 79.9. The van der Waals surface area contributed by atoms with E-state index < -0.39 is 0 Å². The molecule has 2 aromatic carbocycles. The Bertz CT molecular complexity index is 687. The van der Waals surface area contributed by atoms with E-state index in [9.17, 15) is 4.79 Å². The molecule has 0 atom stereocenters. The molecule has 2 rings (SSSR count). The Morgan fingerprint density at radius 2 is 1.71 bits per heavy atom. The molecule has 5 nitrogen and oxygen atoms in total. The lowest BCUT2D eigenvalue weighted by molar-refractivity contribution is -0.145. The fourth-order valence-electron chi connectivity index (χ4n) is 2.07. The van der Waals surface area contributed by atoms with Crippen LogP contribution >= 0.6 is 15.9 Å². The summed E-state index contributed by atoms with van der Waals surface area (Å²) in [5.41, 5.74) is 0.797. The van der Waals surface area contributed by atoms with Gasteiger partial charge in [-0.3, -0.25) is 4.79 Å². The van der Waals surface area contributed by atoms with Gasteiger partial charge in [-0.05, 0) is 30.3 Å². The second-order valence-electron chi connectivity index (χ2n) is 4.87. The van der Waals surface area contributed by atoms with Gasteiger partial charge < -0.3 is 18.9 Å². The molecule has 0 amide bonds. The van der Waals surface area contributed by atoms with E-state index in [0.29, 0.717) is 17.2 Å². The second-order valence-corrected chi connectivity index (χ2v) is 5.78. The van der Waals surface area contributed by atoms with Crippen molar-refractivity contribution >= 4 is 21.9 Å². The van der Waals surface area contributed by atoms with Crippen LogP contribution in [0.5, 0.6) is 17.2 Å². The van der Waals surface area contributed by atoms with Gasteiger partial charge in [-0.2, -0.15) is 0 Å². The van der Waals surface area contributed by atoms with Crippen molar-refractivity contribution in [3.8, 4) is 17.2 Å². The zero-order valence-corrected chi connectivity index (χ0v) is 15.2. The average Bonchev–Trinajstić information content (AvgIpc) is 2.60. The van der Waals surface area contributed by atoms with Gasteiger partial charge in [-0.15, -0.1) is 0 Å². The van der Waals surface area contributed by atoms with Crippen LogP contribution < -0.4 is 14.2 Å². The topological polar surface area (TPSA) is 54.0 Å². The Hall–Kier alpha value is -2.21. The first-order valence-corrected chi connectivity index (χ1v) is 8.17. The van der Waals surface area contributed by atoms with Crippen molar-refractivity contribution in [3.05, 3.63) is 52.5 Å². The average molecular weight is 395 g/mol. The van der Waals surface area contributed by atoms with Crippen molar-refractivity contribution in [2.45, 2.75) is 13.0 Å². The number of hydrogen-bond donors (Lipinski definition) is 0. The summed E-state index contributed by atoms with van der Waals surface area (Å²) in [5.74, 6) is 1.56. The Balaban J connectivity index is 1.81. The SMILES string of the molecule is COc1ccc(Br)cc1COC(=O)CCOc1ccccc1OC. The molecule has 6 heteroatoms. The van der Waals surface area contributed by atoms with Crippen molar-refractivity contribution < 1.29 is 23.7 Å². The Morgan fingerprint density at radius 3 is 2.42 bits per heavy atom. The number of halogens is 1. The molecule has 0 spiro atoms. The van der Waals surface area contributed by atoms with Gasteiger partial charge in [0, 0.05) is 10.0 Å². The molecule has 0 radical (unpaired) electrons. The van der Waals surface area contributed by atoms with E-state index in [0.717, 1.165) is 10.0 Å². The summed E-state index contributed by atoms with van der Waals surface area (Å²) in [4.78, 5) is 11.9. The smallest absolute Gasteiger partial charge is 0.309 e. The van der Waals surface area contributed by atoms with E-state index in [1.165, 1.54) is 0 Å². The number of methoxy groups -OCH3 is 2. The standard InChI is InChI=1S/C18H19BrO5/c1-21-15-8-7-14(19)11-13(15)12-24-18(20)9-10-23-17-6-4-3-5-16(17)22-2/h3-8,11H,9-10,12H2,1-2H3. The molecule has 0 aliphatic rings. The maximum absolute atomic E-state index is 11.9. The van der Waals surface area contributed by atoms with Gasteiger partial charge in [0.1, 0.15) is 12.4 Å². The summed E-state index contributed by atoms with van der Waals surface area (Å²) in [6.07, 6.45) is 0.147. The van der Waals surface area contributed by atoms with Crippen LogP contribution in [0.1, 0.15) is 12.0 Å². The predicted octanol–water partition coefficient (Wildman–Crippen LogP) is 3.98. The molecule has 128 valence electrons. The first kappa shape index (κ1) is 18.1. The highest BCUT2D eigenvalue weighted by molar-refractivity contribution is 9.10. The molecule has 0 heterocycles. The van der Waals surface area contributed by atoms with Crippen LogP contribution in [0, 0.1) is 0 Å². The number of para-hydroxylation sites is 2. The first-order chi connectivity index (χ1) is 11.6. The predicted molar refractivity (Wildman–Crippen MR) is 93.6 cm³/mol. The lowest BCUT2D eigenvalue weighted by atomic mass is 10.2. The second kappa shape index (κ2) is 9.17. The van der Waals surface area contributed by atoms with Gasteiger partial charge in [0.2, 0.25) is 0 Å². The molecular formula is C18H19BrO5. The largest absolute Gasteiger partial charge is 0.496 e. The fraction of sp³-hybridized carbons (Fsp3) is 0.278. The number of hydrogen-bond acceptors (Lipinski definition) is 5. The highest BCUT2D eigenvalue weighted by Crippen LogP contribution is 2.26. The van der Waals surface area contributed by atoms with Gasteiger partial charge in [0.25, 0.3) is 0 Å². The number of carbonyl (C=O) groups excluding carboxylic acids is 1. The molecular weight excluding hydrogens is 376 g/mol. The zero-order valence-electron chi connectivity index (χ0n) is 13.6. The first-order valence-electron chi connectivity index (χ1n) is 7.38. The van der Waals surface area contributed by atoms with Gasteiger partial charge in [-0.25, -0.2) is 0 Å². The molecule has 0 N–H and O–H groups in total. The van der Waals surface area contributed by atoms with Crippen LogP contribution in [0.2, 0.25) is 0 Å². The molecule has 0 unspecified atom stereocenters. The molecule has 0 fully saturated rings. The van der Waals surface area contributed by atoms with E-state index in [2.05, 4.69) is 15.9 Å². The molecule has 24 heavy (non-hydrogen) atoms. The maximum Gasteiger partial charge on any atom is 0.309 e. The molecule has 0 bridgehead atoms. The van der Waals surface area contributed by atoms with Gasteiger partial charge in [-0.1, -0.05) is 28.1 Å². The van der Waals surface area contributed by atoms with Crippen LogP contribution in [0.15, 0.2) is 46.9 Å². The Labute approximate surface area is 149 Å². The van der Waals surface area contributed by atoms with Crippen LogP contribution in [-0.2, 0) is 16.1 Å². The minimum atomic E-state index is -0.341. The number of benzene rings is 2. The van der Waals surface area contributed by atoms with Crippen molar-refractivity contribution in [2.75, 3.05) is 20.8 Å². The third-order valence-electron chi connectivity index (χ3n) is 3.26. The molecule has 0 aliphatic heterocycles. The van der Waals surface area contributed by atoms with E-state index >= 15 is 0 Å². The summed E-state index contributed by atoms with van der Waals surface area (Å²) >= 11 is 3.39. The van der Waals surface area contributed by atoms with Gasteiger partial charge >= 0.3 is 5.97 Å². The Morgan fingerprint density at radius 1 is 1.00 bits per heavy atom. The lowest BCUT2D eigenvalue weighted by Gasteiger charge is -2.11. The van der Waals surface area contributed by atoms with E-state index in [1.54, 1.807) is 26.4 Å². The third-order valence-corrected chi connectivity index (χ3v) is 3.76. The minimum absolute atomic E-state index is 0.147. The minimum Gasteiger partial charge on any atom is -0.496 e. The zero-order chi connectivity index (χ0) is 17.4. The van der Waals surface area contributed by atoms with Gasteiger partial charge in [0.15, 0.2) is 11.5 Å². The number of ether oxygens (including phenoxy) is 4. The number of esters is 1. The lowest BCUT2D eigenvalue weighted by Crippen LogP contribution is -2.10. The van der Waals surface area contributed by atoms with E-state index in [4.69, 9.17) is 18.9 Å². The molecule has 0 saturated heterocycles. The van der Waals surface area contributed by atoms with Crippen LogP contribution in [0.25, 0.3) is 0 Å².